The van der Waals surface area contributed by atoms with E-state index in [-0.39, 0.29) is 5.92 Å². The highest BCUT2D eigenvalue weighted by atomic mass is 35.5. The molecule has 1 nitrogen and oxygen atoms in total. The fraction of sp³-hybridized carbons (Fsp3) is 0.368. The standard InChI is InChI=1S/C19H21ClO/c1-12-9-17(18(20)10-13(12)2)19(21)16-8-7-14-5-3-4-6-15(14)11-16/h3-6,9-10,16,19,21H,7-8,11H2,1-2H3. The summed E-state index contributed by atoms with van der Waals surface area (Å²) < 4.78 is 0. The largest absolute Gasteiger partial charge is 0.388 e. The van der Waals surface area contributed by atoms with Crippen molar-refractivity contribution in [2.75, 3.05) is 0 Å². The molecule has 1 aliphatic carbocycles. The van der Waals surface area contributed by atoms with Crippen molar-refractivity contribution in [3.63, 3.8) is 0 Å². The van der Waals surface area contributed by atoms with Crippen molar-refractivity contribution in [2.24, 2.45) is 5.92 Å². The van der Waals surface area contributed by atoms with Crippen LogP contribution in [0.25, 0.3) is 0 Å². The first-order valence-electron chi connectivity index (χ1n) is 7.57. The van der Waals surface area contributed by atoms with E-state index in [2.05, 4.69) is 31.2 Å². The second-order valence-corrected chi connectivity index (χ2v) is 6.58. The smallest absolute Gasteiger partial charge is 0.0835 e. The molecule has 0 amide bonds. The van der Waals surface area contributed by atoms with E-state index in [1.165, 1.54) is 22.3 Å². The van der Waals surface area contributed by atoms with E-state index in [1.54, 1.807) is 0 Å². The molecular formula is C19H21ClO. The Morgan fingerprint density at radius 1 is 1.10 bits per heavy atom. The van der Waals surface area contributed by atoms with Gasteiger partial charge < -0.3 is 5.11 Å². The zero-order valence-corrected chi connectivity index (χ0v) is 13.3. The van der Waals surface area contributed by atoms with Crippen LogP contribution < -0.4 is 0 Å². The van der Waals surface area contributed by atoms with Gasteiger partial charge >= 0.3 is 0 Å². The molecule has 0 bridgehead atoms. The van der Waals surface area contributed by atoms with Crippen LogP contribution in [0.4, 0.5) is 0 Å². The van der Waals surface area contributed by atoms with Crippen LogP contribution in [0.2, 0.25) is 5.02 Å². The normalized spacial score (nSPS) is 19.1. The molecular weight excluding hydrogens is 280 g/mol. The zero-order valence-electron chi connectivity index (χ0n) is 12.6. The summed E-state index contributed by atoms with van der Waals surface area (Å²) in [6.07, 6.45) is 2.51. The number of rotatable bonds is 2. The average Bonchev–Trinajstić information content (AvgIpc) is 2.50. The van der Waals surface area contributed by atoms with Gasteiger partial charge in [-0.05, 0) is 72.9 Å². The minimum Gasteiger partial charge on any atom is -0.388 e. The molecule has 2 unspecified atom stereocenters. The molecule has 110 valence electrons. The van der Waals surface area contributed by atoms with Crippen molar-refractivity contribution in [1.29, 1.82) is 0 Å². The lowest BCUT2D eigenvalue weighted by molar-refractivity contribution is 0.0995. The summed E-state index contributed by atoms with van der Waals surface area (Å²) in [5.41, 5.74) is 6.03. The Morgan fingerprint density at radius 2 is 1.76 bits per heavy atom. The van der Waals surface area contributed by atoms with Crippen LogP contribution in [-0.4, -0.2) is 5.11 Å². The van der Waals surface area contributed by atoms with E-state index in [0.717, 1.165) is 24.8 Å². The maximum absolute atomic E-state index is 10.8. The number of benzene rings is 2. The third-order valence-corrected chi connectivity index (χ3v) is 5.09. The van der Waals surface area contributed by atoms with Crippen molar-refractivity contribution >= 4 is 11.6 Å². The fourth-order valence-corrected chi connectivity index (χ4v) is 3.61. The van der Waals surface area contributed by atoms with Crippen LogP contribution in [0.1, 0.15) is 40.3 Å². The SMILES string of the molecule is Cc1cc(Cl)c(C(O)C2CCc3ccccc3C2)cc1C. The van der Waals surface area contributed by atoms with E-state index >= 15 is 0 Å². The molecule has 1 aliphatic rings. The number of aryl methyl sites for hydroxylation is 3. The van der Waals surface area contributed by atoms with Gasteiger partial charge in [-0.1, -0.05) is 41.9 Å². The Hall–Kier alpha value is -1.31. The van der Waals surface area contributed by atoms with E-state index in [0.29, 0.717) is 5.02 Å². The summed E-state index contributed by atoms with van der Waals surface area (Å²) >= 11 is 6.36. The van der Waals surface area contributed by atoms with Crippen LogP contribution >= 0.6 is 11.6 Å². The van der Waals surface area contributed by atoms with Gasteiger partial charge in [-0.15, -0.1) is 0 Å². The summed E-state index contributed by atoms with van der Waals surface area (Å²) in [7, 11) is 0. The van der Waals surface area contributed by atoms with Gasteiger partial charge in [-0.3, -0.25) is 0 Å². The van der Waals surface area contributed by atoms with Crippen molar-refractivity contribution in [3.8, 4) is 0 Å². The van der Waals surface area contributed by atoms with Crippen molar-refractivity contribution < 1.29 is 5.11 Å². The molecule has 0 aliphatic heterocycles. The number of aliphatic hydroxyl groups excluding tert-OH is 1. The van der Waals surface area contributed by atoms with Gasteiger partial charge in [-0.25, -0.2) is 0 Å². The van der Waals surface area contributed by atoms with Gasteiger partial charge in [0.05, 0.1) is 6.10 Å². The van der Waals surface area contributed by atoms with Gasteiger partial charge in [-0.2, -0.15) is 0 Å². The molecule has 0 fully saturated rings. The first kappa shape index (κ1) is 14.6. The summed E-state index contributed by atoms with van der Waals surface area (Å²) in [5, 5.41) is 11.5. The quantitative estimate of drug-likeness (QED) is 0.845. The van der Waals surface area contributed by atoms with Crippen LogP contribution in [0.15, 0.2) is 36.4 Å². The number of hydrogen-bond donors (Lipinski definition) is 1. The Bertz CT molecular complexity index is 663. The maximum Gasteiger partial charge on any atom is 0.0835 e. The van der Waals surface area contributed by atoms with Crippen molar-refractivity contribution in [2.45, 2.75) is 39.2 Å². The van der Waals surface area contributed by atoms with E-state index in [4.69, 9.17) is 11.6 Å². The van der Waals surface area contributed by atoms with Crippen LogP contribution in [-0.2, 0) is 12.8 Å². The number of aliphatic hydroxyl groups is 1. The molecule has 21 heavy (non-hydrogen) atoms. The lowest BCUT2D eigenvalue weighted by atomic mass is 9.79. The molecule has 2 heteroatoms. The molecule has 3 rings (SSSR count). The fourth-order valence-electron chi connectivity index (χ4n) is 3.28. The lowest BCUT2D eigenvalue weighted by Gasteiger charge is -2.29. The third-order valence-electron chi connectivity index (χ3n) is 4.76. The van der Waals surface area contributed by atoms with E-state index in [1.807, 2.05) is 19.1 Å². The predicted octanol–water partition coefficient (Wildman–Crippen LogP) is 4.80. The first-order chi connectivity index (χ1) is 10.1. The van der Waals surface area contributed by atoms with Gasteiger partial charge in [0.2, 0.25) is 0 Å². The molecule has 0 radical (unpaired) electrons. The van der Waals surface area contributed by atoms with Gasteiger partial charge in [0.1, 0.15) is 0 Å². The molecule has 1 N–H and O–H groups in total. The van der Waals surface area contributed by atoms with Gasteiger partial charge in [0, 0.05) is 5.02 Å². The maximum atomic E-state index is 10.8. The highest BCUT2D eigenvalue weighted by Crippen LogP contribution is 2.37. The Morgan fingerprint density at radius 3 is 2.52 bits per heavy atom. The lowest BCUT2D eigenvalue weighted by Crippen LogP contribution is -2.21. The Labute approximate surface area is 131 Å². The molecule has 0 saturated heterocycles. The number of fused-ring (bicyclic) bond motifs is 1. The van der Waals surface area contributed by atoms with E-state index in [9.17, 15) is 5.11 Å². The first-order valence-corrected chi connectivity index (χ1v) is 7.95. The predicted molar refractivity (Wildman–Crippen MR) is 87.8 cm³/mol. The minimum atomic E-state index is -0.481. The zero-order chi connectivity index (χ0) is 15.0. The molecule has 2 aromatic carbocycles. The summed E-state index contributed by atoms with van der Waals surface area (Å²) in [4.78, 5) is 0. The third kappa shape index (κ3) is 2.86. The van der Waals surface area contributed by atoms with Crippen LogP contribution in [0, 0.1) is 19.8 Å². The second-order valence-electron chi connectivity index (χ2n) is 6.17. The second kappa shape index (κ2) is 5.82. The van der Waals surface area contributed by atoms with E-state index < -0.39 is 6.10 Å². The molecule has 0 aromatic heterocycles. The molecule has 2 atom stereocenters. The summed E-state index contributed by atoms with van der Waals surface area (Å²) in [6.45, 7) is 4.12. The van der Waals surface area contributed by atoms with Gasteiger partial charge in [0.15, 0.2) is 0 Å². The van der Waals surface area contributed by atoms with Crippen molar-refractivity contribution in [1.82, 2.24) is 0 Å². The summed E-state index contributed by atoms with van der Waals surface area (Å²) in [5.74, 6) is 0.250. The Kier molecular flexibility index (Phi) is 4.05. The average molecular weight is 301 g/mol. The summed E-state index contributed by atoms with van der Waals surface area (Å²) in [6, 6.07) is 12.6. The molecule has 0 heterocycles. The molecule has 0 spiro atoms. The topological polar surface area (TPSA) is 20.2 Å². The number of hydrogen-bond acceptors (Lipinski definition) is 1. The minimum absolute atomic E-state index is 0.250. The molecule has 2 aromatic rings. The number of halogens is 1. The highest BCUT2D eigenvalue weighted by Gasteiger charge is 2.27. The van der Waals surface area contributed by atoms with Crippen LogP contribution in [0.3, 0.4) is 0 Å². The monoisotopic (exact) mass is 300 g/mol. The van der Waals surface area contributed by atoms with Crippen molar-refractivity contribution in [3.05, 3.63) is 69.2 Å². The van der Waals surface area contributed by atoms with Crippen LogP contribution in [0.5, 0.6) is 0 Å². The highest BCUT2D eigenvalue weighted by molar-refractivity contribution is 6.31. The van der Waals surface area contributed by atoms with Gasteiger partial charge in [0.25, 0.3) is 0 Å². The Balaban J connectivity index is 1.87. The molecule has 0 saturated carbocycles.